The van der Waals surface area contributed by atoms with Gasteiger partial charge in [0.1, 0.15) is 0 Å². The minimum Gasteiger partial charge on any atom is -0.338 e. The number of carbonyl (C=O) groups excluding carboxylic acids is 1. The molecule has 4 aromatic rings. The molecule has 2 aromatic carbocycles. The smallest absolute Gasteiger partial charge is 0.280 e. The van der Waals surface area contributed by atoms with Crippen LogP contribution in [0.4, 0.5) is 0 Å². The Morgan fingerprint density at radius 3 is 2.71 bits per heavy atom. The highest BCUT2D eigenvalue weighted by Gasteiger charge is 2.23. The zero-order valence-electron chi connectivity index (χ0n) is 18.1. The first-order valence-corrected chi connectivity index (χ1v) is 10.8. The van der Waals surface area contributed by atoms with Crippen LogP contribution in [0.2, 0.25) is 0 Å². The van der Waals surface area contributed by atoms with Gasteiger partial charge >= 0.3 is 0 Å². The van der Waals surface area contributed by atoms with Gasteiger partial charge in [-0.2, -0.15) is 0 Å². The second kappa shape index (κ2) is 7.38. The molecule has 1 aliphatic heterocycles. The summed E-state index contributed by atoms with van der Waals surface area (Å²) < 4.78 is 1.55. The third kappa shape index (κ3) is 3.32. The molecule has 1 N–H and O–H groups in total. The molecule has 158 valence electrons. The molecule has 0 bridgehead atoms. The number of pyridine rings is 1. The minimum atomic E-state index is -0.144. The van der Waals surface area contributed by atoms with E-state index in [0.29, 0.717) is 22.4 Å². The number of aryl methyl sites for hydroxylation is 2. The number of piperidine rings is 1. The monoisotopic (exact) mass is 414 g/mol. The Hall–Kier alpha value is -3.41. The van der Waals surface area contributed by atoms with Gasteiger partial charge in [0, 0.05) is 30.2 Å². The van der Waals surface area contributed by atoms with Crippen LogP contribution >= 0.6 is 0 Å². The van der Waals surface area contributed by atoms with Gasteiger partial charge < -0.3 is 4.90 Å². The molecule has 0 saturated carbocycles. The molecular weight excluding hydrogens is 388 g/mol. The van der Waals surface area contributed by atoms with Gasteiger partial charge in [0.2, 0.25) is 0 Å². The van der Waals surface area contributed by atoms with Gasteiger partial charge in [-0.05, 0) is 74.1 Å². The lowest BCUT2D eigenvalue weighted by atomic mass is 9.99. The van der Waals surface area contributed by atoms with Crippen LogP contribution in [0.25, 0.3) is 27.5 Å². The molecule has 2 aromatic heterocycles. The second-order valence-corrected chi connectivity index (χ2v) is 8.80. The fraction of sp³-hybridized carbons (Fsp3) is 0.320. The Bertz CT molecular complexity index is 1380. The lowest BCUT2D eigenvalue weighted by Crippen LogP contribution is -2.39. The van der Waals surface area contributed by atoms with Crippen molar-refractivity contribution in [3.05, 3.63) is 69.6 Å². The van der Waals surface area contributed by atoms with E-state index in [2.05, 4.69) is 17.0 Å². The molecule has 1 atom stereocenters. The van der Waals surface area contributed by atoms with Crippen LogP contribution in [0, 0.1) is 19.8 Å². The van der Waals surface area contributed by atoms with Gasteiger partial charge in [0.25, 0.3) is 11.5 Å². The maximum absolute atomic E-state index is 13.1. The molecule has 0 spiro atoms. The summed E-state index contributed by atoms with van der Waals surface area (Å²) in [6.45, 7) is 7.85. The zero-order valence-corrected chi connectivity index (χ0v) is 18.1. The van der Waals surface area contributed by atoms with E-state index < -0.39 is 0 Å². The summed E-state index contributed by atoms with van der Waals surface area (Å²) >= 11 is 0. The number of nitrogens with zero attached hydrogens (tertiary/aromatic N) is 3. The number of nitrogens with one attached hydrogen (secondary N) is 1. The van der Waals surface area contributed by atoms with Crippen molar-refractivity contribution in [3.8, 4) is 5.69 Å². The molecule has 31 heavy (non-hydrogen) atoms. The van der Waals surface area contributed by atoms with Crippen LogP contribution < -0.4 is 5.56 Å². The summed E-state index contributed by atoms with van der Waals surface area (Å²) in [6, 6.07) is 11.5. The average molecular weight is 415 g/mol. The van der Waals surface area contributed by atoms with E-state index in [1.165, 1.54) is 12.0 Å². The Kier molecular flexibility index (Phi) is 4.65. The average Bonchev–Trinajstić information content (AvgIpc) is 3.12. The summed E-state index contributed by atoms with van der Waals surface area (Å²) in [5.74, 6) is 0.566. The van der Waals surface area contributed by atoms with E-state index in [1.807, 2.05) is 55.1 Å². The van der Waals surface area contributed by atoms with E-state index in [4.69, 9.17) is 0 Å². The van der Waals surface area contributed by atoms with Crippen molar-refractivity contribution in [3.63, 3.8) is 0 Å². The van der Waals surface area contributed by atoms with E-state index >= 15 is 0 Å². The lowest BCUT2D eigenvalue weighted by molar-refractivity contribution is 0.0683. The normalized spacial score (nSPS) is 16.9. The maximum atomic E-state index is 13.1. The summed E-state index contributed by atoms with van der Waals surface area (Å²) in [5.41, 5.74) is 5.03. The van der Waals surface area contributed by atoms with Crippen LogP contribution in [0.15, 0.2) is 47.4 Å². The van der Waals surface area contributed by atoms with Crippen molar-refractivity contribution < 1.29 is 4.79 Å². The Morgan fingerprint density at radius 2 is 1.94 bits per heavy atom. The highest BCUT2D eigenvalue weighted by atomic mass is 16.2. The number of aromatic amines is 1. The number of hydrogen-bond acceptors (Lipinski definition) is 3. The van der Waals surface area contributed by atoms with Crippen LogP contribution in [-0.4, -0.2) is 38.7 Å². The summed E-state index contributed by atoms with van der Waals surface area (Å²) in [5, 5.41) is 4.56. The molecule has 3 heterocycles. The van der Waals surface area contributed by atoms with Gasteiger partial charge in [0.15, 0.2) is 0 Å². The third-order valence-electron chi connectivity index (χ3n) is 6.46. The predicted octanol–water partition coefficient (Wildman–Crippen LogP) is 4.36. The zero-order chi connectivity index (χ0) is 21.7. The van der Waals surface area contributed by atoms with E-state index in [1.54, 1.807) is 10.9 Å². The molecule has 0 aliphatic carbocycles. The van der Waals surface area contributed by atoms with Crippen molar-refractivity contribution in [2.45, 2.75) is 33.6 Å². The van der Waals surface area contributed by atoms with Crippen LogP contribution in [0.3, 0.4) is 0 Å². The third-order valence-corrected chi connectivity index (χ3v) is 6.46. The summed E-state index contributed by atoms with van der Waals surface area (Å²) in [4.78, 5) is 32.6. The molecule has 1 aliphatic rings. The number of hydrogen-bond donors (Lipinski definition) is 1. The first kappa shape index (κ1) is 19.5. The van der Waals surface area contributed by atoms with Crippen molar-refractivity contribution >= 4 is 27.7 Å². The number of carbonyl (C=O) groups is 1. The molecule has 1 fully saturated rings. The summed E-state index contributed by atoms with van der Waals surface area (Å²) in [7, 11) is 0. The lowest BCUT2D eigenvalue weighted by Gasteiger charge is -2.31. The Morgan fingerprint density at radius 1 is 1.10 bits per heavy atom. The predicted molar refractivity (Wildman–Crippen MR) is 123 cm³/mol. The summed E-state index contributed by atoms with van der Waals surface area (Å²) in [6.07, 6.45) is 3.82. The number of amides is 1. The number of H-pyrrole nitrogens is 1. The molecular formula is C25H26N4O2. The molecule has 1 saturated heterocycles. The maximum Gasteiger partial charge on any atom is 0.280 e. The molecule has 6 nitrogen and oxygen atoms in total. The van der Waals surface area contributed by atoms with Crippen molar-refractivity contribution in [1.29, 1.82) is 0 Å². The first-order valence-electron chi connectivity index (χ1n) is 10.8. The van der Waals surface area contributed by atoms with Crippen LogP contribution in [0.5, 0.6) is 0 Å². The van der Waals surface area contributed by atoms with Gasteiger partial charge in [-0.25, -0.2) is 4.68 Å². The standard InChI is InChI=1S/C25H26N4O2/c1-15-5-4-10-28(14-15)24(30)18-7-9-22-20(12-18)23-21(13-26-22)25(31)29(27-23)19-8-6-16(2)17(3)11-19/h6-9,11-13,15,27H,4-5,10,14H2,1-3H3/t15-/m1/s1. The number of fused-ring (bicyclic) bond motifs is 3. The minimum absolute atomic E-state index is 0.0430. The molecule has 0 unspecified atom stereocenters. The first-order chi connectivity index (χ1) is 14.9. The number of aromatic nitrogens is 3. The fourth-order valence-electron chi connectivity index (χ4n) is 4.49. The van der Waals surface area contributed by atoms with E-state index in [9.17, 15) is 9.59 Å². The van der Waals surface area contributed by atoms with Crippen LogP contribution in [-0.2, 0) is 0 Å². The van der Waals surface area contributed by atoms with Crippen molar-refractivity contribution in [2.24, 2.45) is 5.92 Å². The van der Waals surface area contributed by atoms with Gasteiger partial charge in [-0.3, -0.25) is 19.7 Å². The Balaban J connectivity index is 1.63. The van der Waals surface area contributed by atoms with Crippen molar-refractivity contribution in [2.75, 3.05) is 13.1 Å². The quantitative estimate of drug-likeness (QED) is 0.530. The largest absolute Gasteiger partial charge is 0.338 e. The Labute approximate surface area is 180 Å². The molecule has 1 amide bonds. The van der Waals surface area contributed by atoms with Crippen LogP contribution in [0.1, 0.15) is 41.3 Å². The number of rotatable bonds is 2. The van der Waals surface area contributed by atoms with Gasteiger partial charge in [0.05, 0.1) is 22.1 Å². The molecule has 0 radical (unpaired) electrons. The number of likely N-dealkylation sites (tertiary alicyclic amines) is 1. The second-order valence-electron chi connectivity index (χ2n) is 8.80. The van der Waals surface area contributed by atoms with E-state index in [-0.39, 0.29) is 11.5 Å². The molecule has 6 heteroatoms. The molecule has 5 rings (SSSR count). The SMILES string of the molecule is Cc1ccc(-n2[nH]c3c(cnc4ccc(C(=O)N5CCC[C@@H](C)C5)cc43)c2=O)cc1C. The van der Waals surface area contributed by atoms with Gasteiger partial charge in [-0.15, -0.1) is 0 Å². The van der Waals surface area contributed by atoms with Gasteiger partial charge in [-0.1, -0.05) is 13.0 Å². The van der Waals surface area contributed by atoms with Crippen molar-refractivity contribution in [1.82, 2.24) is 19.7 Å². The highest BCUT2D eigenvalue weighted by molar-refractivity contribution is 6.06. The fourth-order valence-corrected chi connectivity index (χ4v) is 4.49. The topological polar surface area (TPSA) is 71.0 Å². The van der Waals surface area contributed by atoms with E-state index in [0.717, 1.165) is 41.7 Å². The number of benzene rings is 2. The highest BCUT2D eigenvalue weighted by Crippen LogP contribution is 2.25.